The number of hydrogen-bond acceptors (Lipinski definition) is 8. The van der Waals surface area contributed by atoms with E-state index in [-0.39, 0.29) is 0 Å². The normalized spacial score (nSPS) is 20.8. The molecule has 206 valence electrons. The summed E-state index contributed by atoms with van der Waals surface area (Å²) in [4.78, 5) is 5.11. The Kier molecular flexibility index (Phi) is 7.20. The minimum atomic E-state index is -1.37. The number of pyridine rings is 1. The van der Waals surface area contributed by atoms with Crippen LogP contribution in [0.15, 0.2) is 53.6 Å². The van der Waals surface area contributed by atoms with Crippen molar-refractivity contribution in [3.8, 4) is 5.88 Å². The van der Waals surface area contributed by atoms with Crippen LogP contribution >= 0.6 is 0 Å². The predicted octanol–water partition coefficient (Wildman–Crippen LogP) is 3.75. The minimum absolute atomic E-state index is 0.402. The molecule has 6 rings (SSSR count). The Morgan fingerprint density at radius 2 is 1.95 bits per heavy atom. The van der Waals surface area contributed by atoms with Gasteiger partial charge in [0.05, 0.1) is 35.8 Å². The van der Waals surface area contributed by atoms with Gasteiger partial charge in [-0.1, -0.05) is 24.3 Å². The van der Waals surface area contributed by atoms with E-state index in [2.05, 4.69) is 58.8 Å². The number of hydrazine groups is 1. The van der Waals surface area contributed by atoms with Crippen molar-refractivity contribution in [2.24, 2.45) is 5.84 Å². The summed E-state index contributed by atoms with van der Waals surface area (Å²) in [5, 5.41) is 5.25. The van der Waals surface area contributed by atoms with Gasteiger partial charge < -0.3 is 25.3 Å². The molecule has 0 amide bonds. The molecule has 1 aliphatic carbocycles. The van der Waals surface area contributed by atoms with Crippen LogP contribution in [-0.4, -0.2) is 45.1 Å². The number of nitrogens with two attached hydrogens (primary N) is 2. The maximum absolute atomic E-state index is 13.8. The van der Waals surface area contributed by atoms with E-state index >= 15 is 0 Å². The van der Waals surface area contributed by atoms with Crippen molar-refractivity contribution in [1.82, 2.24) is 14.6 Å². The van der Waals surface area contributed by atoms with Gasteiger partial charge in [-0.05, 0) is 86.1 Å². The van der Waals surface area contributed by atoms with Crippen molar-refractivity contribution in [2.45, 2.75) is 69.0 Å². The third kappa shape index (κ3) is 5.34. The number of aromatic nitrogens is 1. The maximum atomic E-state index is 13.8. The number of nitrogens with one attached hydrogen (secondary N) is 1. The average molecular weight is 547 g/mol. The number of hydrogen-bond donors (Lipinski definition) is 3. The average Bonchev–Trinajstić information content (AvgIpc) is 3.79. The van der Waals surface area contributed by atoms with Crippen molar-refractivity contribution in [2.75, 3.05) is 30.4 Å². The lowest BCUT2D eigenvalue weighted by atomic mass is 9.91. The summed E-state index contributed by atoms with van der Waals surface area (Å²) in [5.41, 5.74) is 13.6. The van der Waals surface area contributed by atoms with Crippen molar-refractivity contribution in [1.29, 1.82) is 0 Å². The molecule has 0 bridgehead atoms. The van der Waals surface area contributed by atoms with Crippen LogP contribution in [0.4, 0.5) is 11.4 Å². The molecule has 2 aromatic carbocycles. The fourth-order valence-electron chi connectivity index (χ4n) is 5.74. The van der Waals surface area contributed by atoms with Crippen LogP contribution in [0.1, 0.15) is 53.5 Å². The molecule has 8 nitrogen and oxygen atoms in total. The quantitative estimate of drug-likeness (QED) is 0.185. The van der Waals surface area contributed by atoms with Gasteiger partial charge in [-0.15, -0.1) is 4.31 Å². The van der Waals surface area contributed by atoms with E-state index < -0.39 is 17.0 Å². The lowest BCUT2D eigenvalue weighted by Gasteiger charge is -2.37. The zero-order valence-corrected chi connectivity index (χ0v) is 23.6. The van der Waals surface area contributed by atoms with Gasteiger partial charge in [-0.25, -0.2) is 10.8 Å². The van der Waals surface area contributed by atoms with Crippen LogP contribution in [0.5, 0.6) is 5.88 Å². The highest BCUT2D eigenvalue weighted by Gasteiger charge is 2.45. The molecule has 2 aliphatic heterocycles. The van der Waals surface area contributed by atoms with Crippen LogP contribution in [0, 0.1) is 13.8 Å². The molecule has 1 aromatic heterocycles. The van der Waals surface area contributed by atoms with Crippen LogP contribution in [0.2, 0.25) is 0 Å². The van der Waals surface area contributed by atoms with E-state index in [0.29, 0.717) is 29.9 Å². The first-order chi connectivity index (χ1) is 18.8. The summed E-state index contributed by atoms with van der Waals surface area (Å²) < 4.78 is 22.4. The summed E-state index contributed by atoms with van der Waals surface area (Å²) in [7, 11) is 0. The third-order valence-corrected chi connectivity index (χ3v) is 9.84. The SMILES string of the molecule is Cc1ccc(Cc2ccc(N(N)C3CC3)c(N)c2C)cc1CN1CC2(CCNCC2)Oc2ncccc2[S+]1[O-]. The van der Waals surface area contributed by atoms with Gasteiger partial charge in [0.1, 0.15) is 5.60 Å². The lowest BCUT2D eigenvalue weighted by Crippen LogP contribution is -2.53. The highest BCUT2D eigenvalue weighted by atomic mass is 32.2. The number of aryl methyl sites for hydroxylation is 1. The first kappa shape index (κ1) is 26.4. The largest absolute Gasteiger partial charge is 0.593 e. The molecule has 1 saturated carbocycles. The Morgan fingerprint density at radius 3 is 2.72 bits per heavy atom. The van der Waals surface area contributed by atoms with Crippen LogP contribution in [-0.2, 0) is 24.3 Å². The van der Waals surface area contributed by atoms with Crippen molar-refractivity contribution in [3.05, 3.63) is 76.5 Å². The van der Waals surface area contributed by atoms with Crippen molar-refractivity contribution in [3.63, 3.8) is 0 Å². The fraction of sp³-hybridized carbons (Fsp3) is 0.433. The molecular weight excluding hydrogens is 508 g/mol. The van der Waals surface area contributed by atoms with Gasteiger partial charge in [-0.3, -0.25) is 0 Å². The zero-order valence-electron chi connectivity index (χ0n) is 22.8. The molecule has 1 spiro atoms. The van der Waals surface area contributed by atoms with Gasteiger partial charge in [0.15, 0.2) is 0 Å². The molecule has 0 radical (unpaired) electrons. The minimum Gasteiger partial charge on any atom is -0.593 e. The maximum Gasteiger partial charge on any atom is 0.273 e. The number of anilines is 2. The van der Waals surface area contributed by atoms with E-state index in [1.807, 2.05) is 17.1 Å². The summed E-state index contributed by atoms with van der Waals surface area (Å²) in [6.07, 6.45) is 6.44. The molecule has 3 aromatic rings. The Labute approximate surface area is 234 Å². The number of benzene rings is 2. The van der Waals surface area contributed by atoms with Gasteiger partial charge in [0.25, 0.3) is 5.88 Å². The Morgan fingerprint density at radius 1 is 1.15 bits per heavy atom. The molecule has 3 heterocycles. The number of fused-ring (bicyclic) bond motifs is 1. The summed E-state index contributed by atoms with van der Waals surface area (Å²) in [5.74, 6) is 6.81. The molecule has 1 unspecified atom stereocenters. The first-order valence-electron chi connectivity index (χ1n) is 13.9. The Hall–Kier alpha value is -2.82. The van der Waals surface area contributed by atoms with Gasteiger partial charge in [0.2, 0.25) is 4.90 Å². The van der Waals surface area contributed by atoms with E-state index in [9.17, 15) is 4.55 Å². The molecule has 3 aliphatic rings. The number of piperidine rings is 1. The molecular formula is C30H38N6O2S. The summed E-state index contributed by atoms with van der Waals surface area (Å²) >= 11 is -1.37. The highest BCUT2D eigenvalue weighted by molar-refractivity contribution is 7.89. The van der Waals surface area contributed by atoms with Crippen LogP contribution in [0.3, 0.4) is 0 Å². The molecule has 1 saturated heterocycles. The van der Waals surface area contributed by atoms with E-state index in [1.165, 1.54) is 22.3 Å². The standard InChI is InChI=1S/C30H38N6O2S/c1-20-5-6-22(16-23-7-10-26(28(31)21(23)2)36(32)25-8-9-25)17-24(20)18-35-19-30(11-14-33-15-12-30)38-29-27(39(35)37)4-3-13-34-29/h3-7,10,13,17,25,33H,8-9,11-12,14-16,18-19,31-32H2,1-2H3. The third-order valence-electron chi connectivity index (χ3n) is 8.43. The number of ether oxygens (including phenoxy) is 1. The molecule has 5 N–H and O–H groups in total. The highest BCUT2D eigenvalue weighted by Crippen LogP contribution is 2.38. The Bertz CT molecular complexity index is 1360. The summed E-state index contributed by atoms with van der Waals surface area (Å²) in [6, 6.07) is 14.9. The second-order valence-electron chi connectivity index (χ2n) is 11.2. The first-order valence-corrected chi connectivity index (χ1v) is 15.0. The molecule has 1 atom stereocenters. The fourth-order valence-corrected chi connectivity index (χ4v) is 7.07. The van der Waals surface area contributed by atoms with Gasteiger partial charge >= 0.3 is 0 Å². The second-order valence-corrected chi connectivity index (χ2v) is 12.7. The summed E-state index contributed by atoms with van der Waals surface area (Å²) in [6.45, 7) is 7.12. The number of rotatable bonds is 6. The Balaban J connectivity index is 1.26. The molecule has 39 heavy (non-hydrogen) atoms. The van der Waals surface area contributed by atoms with E-state index in [0.717, 1.165) is 62.1 Å². The van der Waals surface area contributed by atoms with Crippen LogP contribution in [0.25, 0.3) is 0 Å². The molecule has 2 fully saturated rings. The second kappa shape index (κ2) is 10.6. The zero-order chi connectivity index (χ0) is 27.1. The molecule has 9 heteroatoms. The van der Waals surface area contributed by atoms with Crippen molar-refractivity contribution >= 4 is 22.7 Å². The van der Waals surface area contributed by atoms with Gasteiger partial charge in [-0.2, -0.15) is 0 Å². The van der Waals surface area contributed by atoms with E-state index in [4.69, 9.17) is 16.3 Å². The van der Waals surface area contributed by atoms with Crippen molar-refractivity contribution < 1.29 is 9.29 Å². The number of nitrogen functional groups attached to an aromatic ring is 1. The van der Waals surface area contributed by atoms with Crippen LogP contribution < -0.4 is 26.6 Å². The number of nitrogens with zero attached hydrogens (tertiary/aromatic N) is 3. The smallest absolute Gasteiger partial charge is 0.273 e. The van der Waals surface area contributed by atoms with E-state index in [1.54, 1.807) is 6.20 Å². The van der Waals surface area contributed by atoms with Gasteiger partial charge in [0, 0.05) is 31.1 Å². The monoisotopic (exact) mass is 546 g/mol. The predicted molar refractivity (Wildman–Crippen MR) is 156 cm³/mol. The topological polar surface area (TPSA) is 116 Å². The lowest BCUT2D eigenvalue weighted by molar-refractivity contribution is 0.0171.